The standard InChI is InChI=1S/C13H18BrF2N/c1-8(17-4)7-13(2,3)11-10(15)6-5-9(14)12(11)16/h5-6,8,17H,7H2,1-4H3. The number of halogens is 3. The summed E-state index contributed by atoms with van der Waals surface area (Å²) in [5.41, 5.74) is -0.408. The number of hydrogen-bond donors (Lipinski definition) is 1. The largest absolute Gasteiger partial charge is 0.317 e. The topological polar surface area (TPSA) is 12.0 Å². The van der Waals surface area contributed by atoms with Gasteiger partial charge in [0.1, 0.15) is 11.6 Å². The van der Waals surface area contributed by atoms with Crippen LogP contribution in [0.3, 0.4) is 0 Å². The van der Waals surface area contributed by atoms with Crippen molar-refractivity contribution in [3.8, 4) is 0 Å². The molecule has 1 aromatic carbocycles. The van der Waals surface area contributed by atoms with E-state index >= 15 is 0 Å². The normalized spacial score (nSPS) is 13.8. The Morgan fingerprint density at radius 3 is 2.47 bits per heavy atom. The summed E-state index contributed by atoms with van der Waals surface area (Å²) in [5.74, 6) is -0.989. The molecule has 0 saturated carbocycles. The lowest BCUT2D eigenvalue weighted by Crippen LogP contribution is -2.32. The van der Waals surface area contributed by atoms with Crippen LogP contribution in [0.4, 0.5) is 8.78 Å². The van der Waals surface area contributed by atoms with E-state index in [2.05, 4.69) is 21.2 Å². The molecule has 1 atom stereocenters. The van der Waals surface area contributed by atoms with Gasteiger partial charge in [0.15, 0.2) is 0 Å². The quantitative estimate of drug-likeness (QED) is 0.829. The van der Waals surface area contributed by atoms with Crippen LogP contribution in [0, 0.1) is 11.6 Å². The molecule has 0 radical (unpaired) electrons. The molecule has 0 spiro atoms. The van der Waals surface area contributed by atoms with E-state index < -0.39 is 17.0 Å². The minimum atomic E-state index is -0.555. The van der Waals surface area contributed by atoms with E-state index in [4.69, 9.17) is 0 Å². The minimum Gasteiger partial charge on any atom is -0.317 e. The van der Waals surface area contributed by atoms with Crippen LogP contribution in [0.1, 0.15) is 32.8 Å². The van der Waals surface area contributed by atoms with Gasteiger partial charge in [-0.05, 0) is 53.9 Å². The molecule has 0 fully saturated rings. The van der Waals surface area contributed by atoms with Crippen molar-refractivity contribution in [2.45, 2.75) is 38.6 Å². The van der Waals surface area contributed by atoms with Gasteiger partial charge in [-0.2, -0.15) is 0 Å². The van der Waals surface area contributed by atoms with Gasteiger partial charge < -0.3 is 5.32 Å². The van der Waals surface area contributed by atoms with Gasteiger partial charge in [-0.1, -0.05) is 13.8 Å². The van der Waals surface area contributed by atoms with E-state index in [-0.39, 0.29) is 11.6 Å². The van der Waals surface area contributed by atoms with Crippen molar-refractivity contribution < 1.29 is 8.78 Å². The van der Waals surface area contributed by atoms with Crippen LogP contribution in [0.15, 0.2) is 16.6 Å². The third-order valence-corrected chi connectivity index (χ3v) is 3.64. The SMILES string of the molecule is CNC(C)CC(C)(C)c1c(F)ccc(Br)c1F. The Morgan fingerprint density at radius 2 is 1.94 bits per heavy atom. The molecule has 96 valence electrons. The predicted octanol–water partition coefficient (Wildman–Crippen LogP) is 4.00. The third kappa shape index (κ3) is 3.26. The molecule has 0 aromatic heterocycles. The van der Waals surface area contributed by atoms with Crippen LogP contribution >= 0.6 is 15.9 Å². The second kappa shape index (κ2) is 5.44. The van der Waals surface area contributed by atoms with Crippen LogP contribution in [-0.4, -0.2) is 13.1 Å². The third-order valence-electron chi connectivity index (χ3n) is 3.03. The highest BCUT2D eigenvalue weighted by molar-refractivity contribution is 9.10. The molecule has 1 unspecified atom stereocenters. The Hall–Kier alpha value is -0.480. The van der Waals surface area contributed by atoms with Gasteiger partial charge in [-0.3, -0.25) is 0 Å². The molecule has 17 heavy (non-hydrogen) atoms. The summed E-state index contributed by atoms with van der Waals surface area (Å²) in [4.78, 5) is 0. The average Bonchev–Trinajstić information content (AvgIpc) is 2.23. The second-order valence-electron chi connectivity index (χ2n) is 5.00. The maximum atomic E-state index is 14.0. The monoisotopic (exact) mass is 305 g/mol. The summed E-state index contributed by atoms with van der Waals surface area (Å²) in [6, 6.07) is 2.89. The number of rotatable bonds is 4. The molecule has 0 aliphatic carbocycles. The Morgan fingerprint density at radius 1 is 1.35 bits per heavy atom. The van der Waals surface area contributed by atoms with Crippen molar-refractivity contribution in [1.29, 1.82) is 0 Å². The summed E-state index contributed by atoms with van der Waals surface area (Å²) in [6.07, 6.45) is 0.661. The molecular formula is C13H18BrF2N. The van der Waals surface area contributed by atoms with E-state index in [1.807, 2.05) is 27.8 Å². The zero-order valence-electron chi connectivity index (χ0n) is 10.6. The van der Waals surface area contributed by atoms with Crippen molar-refractivity contribution in [3.63, 3.8) is 0 Å². The van der Waals surface area contributed by atoms with E-state index in [1.54, 1.807) is 0 Å². The molecule has 4 heteroatoms. The van der Waals surface area contributed by atoms with Gasteiger partial charge in [0.2, 0.25) is 0 Å². The van der Waals surface area contributed by atoms with Crippen molar-refractivity contribution in [2.75, 3.05) is 7.05 Å². The first-order valence-corrected chi connectivity index (χ1v) is 6.40. The summed E-state index contributed by atoms with van der Waals surface area (Å²) in [6.45, 7) is 5.71. The average molecular weight is 306 g/mol. The van der Waals surface area contributed by atoms with Crippen LogP contribution in [0.25, 0.3) is 0 Å². The fourth-order valence-electron chi connectivity index (χ4n) is 2.12. The molecule has 1 nitrogen and oxygen atoms in total. The first kappa shape index (κ1) is 14.6. The molecule has 1 N–H and O–H groups in total. The Balaban J connectivity index is 3.18. The number of nitrogens with one attached hydrogen (secondary N) is 1. The predicted molar refractivity (Wildman–Crippen MR) is 70.2 cm³/mol. The van der Waals surface area contributed by atoms with Crippen LogP contribution in [0.2, 0.25) is 0 Å². The molecule has 1 rings (SSSR count). The maximum Gasteiger partial charge on any atom is 0.144 e. The summed E-state index contributed by atoms with van der Waals surface area (Å²) >= 11 is 3.10. The van der Waals surface area contributed by atoms with Gasteiger partial charge in [0, 0.05) is 11.6 Å². The Kier molecular flexibility index (Phi) is 4.67. The van der Waals surface area contributed by atoms with Crippen molar-refractivity contribution in [1.82, 2.24) is 5.32 Å². The van der Waals surface area contributed by atoms with Gasteiger partial charge in [-0.25, -0.2) is 8.78 Å². The highest BCUT2D eigenvalue weighted by Crippen LogP contribution is 2.35. The molecule has 0 heterocycles. The fourth-order valence-corrected chi connectivity index (χ4v) is 2.45. The highest BCUT2D eigenvalue weighted by atomic mass is 79.9. The zero-order chi connectivity index (χ0) is 13.2. The fraction of sp³-hybridized carbons (Fsp3) is 0.538. The second-order valence-corrected chi connectivity index (χ2v) is 5.85. The van der Waals surface area contributed by atoms with Gasteiger partial charge >= 0.3 is 0 Å². The van der Waals surface area contributed by atoms with E-state index in [0.29, 0.717) is 10.9 Å². The lowest BCUT2D eigenvalue weighted by Gasteiger charge is -2.29. The highest BCUT2D eigenvalue weighted by Gasteiger charge is 2.30. The summed E-state index contributed by atoms with van der Waals surface area (Å²) in [7, 11) is 1.84. The zero-order valence-corrected chi connectivity index (χ0v) is 12.2. The van der Waals surface area contributed by atoms with E-state index in [1.165, 1.54) is 12.1 Å². The number of benzene rings is 1. The number of hydrogen-bond acceptors (Lipinski definition) is 1. The molecule has 0 saturated heterocycles. The maximum absolute atomic E-state index is 14.0. The molecule has 0 amide bonds. The molecule has 0 bridgehead atoms. The van der Waals surface area contributed by atoms with Crippen molar-refractivity contribution in [3.05, 3.63) is 33.8 Å². The Labute approximate surface area is 110 Å². The van der Waals surface area contributed by atoms with Crippen LogP contribution < -0.4 is 5.32 Å². The van der Waals surface area contributed by atoms with E-state index in [0.717, 1.165) is 0 Å². The van der Waals surface area contributed by atoms with Crippen molar-refractivity contribution in [2.24, 2.45) is 0 Å². The van der Waals surface area contributed by atoms with Crippen LogP contribution in [0.5, 0.6) is 0 Å². The lowest BCUT2D eigenvalue weighted by molar-refractivity contribution is 0.373. The van der Waals surface area contributed by atoms with Crippen molar-refractivity contribution >= 4 is 15.9 Å². The van der Waals surface area contributed by atoms with Gasteiger partial charge in [0.25, 0.3) is 0 Å². The molecular weight excluding hydrogens is 288 g/mol. The summed E-state index contributed by atoms with van der Waals surface area (Å²) in [5, 5.41) is 3.09. The molecule has 0 aliphatic heterocycles. The minimum absolute atomic E-state index is 0.147. The summed E-state index contributed by atoms with van der Waals surface area (Å²) < 4.78 is 28.1. The van der Waals surface area contributed by atoms with Crippen LogP contribution in [-0.2, 0) is 5.41 Å². The molecule has 0 aliphatic rings. The van der Waals surface area contributed by atoms with Gasteiger partial charge in [0.05, 0.1) is 4.47 Å². The smallest absolute Gasteiger partial charge is 0.144 e. The molecule has 1 aromatic rings. The Bertz CT molecular complexity index is 405. The van der Waals surface area contributed by atoms with Gasteiger partial charge in [-0.15, -0.1) is 0 Å². The lowest BCUT2D eigenvalue weighted by atomic mass is 9.79. The first-order valence-electron chi connectivity index (χ1n) is 5.61. The first-order chi connectivity index (χ1) is 7.79. The van der Waals surface area contributed by atoms with E-state index in [9.17, 15) is 8.78 Å².